The molecule has 6 nitrogen and oxygen atoms in total. The number of aryl methyl sites for hydroxylation is 1. The number of benzene rings is 2. The third-order valence-corrected chi connectivity index (χ3v) is 5.70. The van der Waals surface area contributed by atoms with Crippen LogP contribution in [0.1, 0.15) is 35.0 Å². The minimum Gasteiger partial charge on any atom is -0.494 e. The van der Waals surface area contributed by atoms with Gasteiger partial charge in [0, 0.05) is 24.3 Å². The Morgan fingerprint density at radius 3 is 2.29 bits per heavy atom. The molecule has 1 N–H and O–H groups in total. The summed E-state index contributed by atoms with van der Waals surface area (Å²) in [5.41, 5.74) is 2.00. The molecule has 190 valence electrons. The third kappa shape index (κ3) is 7.22. The molecule has 1 heterocycles. The monoisotopic (exact) mass is 491 g/mol. The van der Waals surface area contributed by atoms with Crippen molar-refractivity contribution >= 4 is 0 Å². The van der Waals surface area contributed by atoms with Gasteiger partial charge in [-0.2, -0.15) is 18.3 Å². The van der Waals surface area contributed by atoms with Crippen LogP contribution in [0.4, 0.5) is 13.2 Å². The van der Waals surface area contributed by atoms with Crippen LogP contribution in [0.2, 0.25) is 0 Å². The Hall–Kier alpha value is -3.04. The second-order valence-corrected chi connectivity index (χ2v) is 8.53. The van der Waals surface area contributed by atoms with Gasteiger partial charge >= 0.3 is 6.18 Å². The summed E-state index contributed by atoms with van der Waals surface area (Å²) in [6, 6.07) is 12.8. The zero-order chi connectivity index (χ0) is 25.6. The van der Waals surface area contributed by atoms with E-state index in [2.05, 4.69) is 5.10 Å². The summed E-state index contributed by atoms with van der Waals surface area (Å²) in [6.45, 7) is 7.21. The summed E-state index contributed by atoms with van der Waals surface area (Å²) in [5.74, 6) is 1.40. The van der Waals surface area contributed by atoms with Gasteiger partial charge < -0.3 is 14.6 Å². The molecule has 0 saturated heterocycles. The van der Waals surface area contributed by atoms with Crippen LogP contribution in [0.3, 0.4) is 0 Å². The van der Waals surface area contributed by atoms with Crippen molar-refractivity contribution in [1.82, 2.24) is 14.7 Å². The number of aliphatic hydroxyl groups excluding tert-OH is 1. The van der Waals surface area contributed by atoms with E-state index in [4.69, 9.17) is 9.47 Å². The van der Waals surface area contributed by atoms with Gasteiger partial charge in [-0.05, 0) is 63.7 Å². The molecule has 35 heavy (non-hydrogen) atoms. The van der Waals surface area contributed by atoms with Crippen molar-refractivity contribution in [3.63, 3.8) is 0 Å². The van der Waals surface area contributed by atoms with Crippen LogP contribution >= 0.6 is 0 Å². The highest BCUT2D eigenvalue weighted by Gasteiger charge is 2.33. The number of alkyl halides is 3. The van der Waals surface area contributed by atoms with Gasteiger partial charge in [-0.15, -0.1) is 0 Å². The minimum atomic E-state index is -4.42. The molecule has 0 radical (unpaired) electrons. The number of aromatic nitrogens is 2. The molecule has 0 amide bonds. The molecule has 0 spiro atoms. The van der Waals surface area contributed by atoms with E-state index in [1.165, 1.54) is 12.1 Å². The quantitative estimate of drug-likeness (QED) is 0.416. The van der Waals surface area contributed by atoms with Crippen molar-refractivity contribution in [1.29, 1.82) is 0 Å². The van der Waals surface area contributed by atoms with Gasteiger partial charge in [-0.25, -0.2) is 0 Å². The molecule has 0 aliphatic rings. The zero-order valence-corrected chi connectivity index (χ0v) is 20.5. The summed E-state index contributed by atoms with van der Waals surface area (Å²) in [4.78, 5) is 1.94. The van der Waals surface area contributed by atoms with E-state index in [9.17, 15) is 18.3 Å². The van der Waals surface area contributed by atoms with E-state index in [0.29, 0.717) is 25.4 Å². The fourth-order valence-corrected chi connectivity index (χ4v) is 3.95. The van der Waals surface area contributed by atoms with Gasteiger partial charge in [0.25, 0.3) is 0 Å². The number of ether oxygens (including phenoxy) is 2. The number of hydrogen-bond donors (Lipinski definition) is 1. The van der Waals surface area contributed by atoms with Gasteiger partial charge in [0.05, 0.1) is 24.4 Å². The van der Waals surface area contributed by atoms with Crippen LogP contribution < -0.4 is 9.47 Å². The van der Waals surface area contributed by atoms with Crippen molar-refractivity contribution in [2.75, 3.05) is 26.8 Å². The van der Waals surface area contributed by atoms with Gasteiger partial charge in [0.15, 0.2) is 0 Å². The molecule has 0 aliphatic heterocycles. The average Bonchev–Trinajstić information content (AvgIpc) is 3.05. The fourth-order valence-electron chi connectivity index (χ4n) is 3.95. The normalized spacial score (nSPS) is 12.7. The highest BCUT2D eigenvalue weighted by molar-refractivity contribution is 5.32. The van der Waals surface area contributed by atoms with E-state index in [0.717, 1.165) is 28.8 Å². The maximum atomic E-state index is 13.4. The van der Waals surface area contributed by atoms with Crippen molar-refractivity contribution in [3.8, 4) is 11.5 Å². The molecule has 0 saturated carbocycles. The SMILES string of the molecule is CCOc1ccc(OCC(O)CN(C)Cc2c(C)nn(Cc3ccccc3C(F)(F)F)c2C)cc1. The number of likely N-dealkylation sites (N-methyl/N-ethyl adjacent to an activating group) is 1. The predicted octanol–water partition coefficient (Wildman–Crippen LogP) is 4.84. The second-order valence-electron chi connectivity index (χ2n) is 8.53. The Kier molecular flexibility index (Phi) is 8.80. The fraction of sp³-hybridized carbons (Fsp3) is 0.423. The first-order valence-electron chi connectivity index (χ1n) is 11.5. The first-order chi connectivity index (χ1) is 16.6. The Bertz CT molecular complexity index is 1100. The maximum absolute atomic E-state index is 13.4. The first-order valence-corrected chi connectivity index (χ1v) is 11.5. The average molecular weight is 492 g/mol. The number of nitrogens with zero attached hydrogens (tertiary/aromatic N) is 3. The summed E-state index contributed by atoms with van der Waals surface area (Å²) in [5, 5.41) is 14.9. The molecular weight excluding hydrogens is 459 g/mol. The molecule has 9 heteroatoms. The van der Waals surface area contributed by atoms with Crippen molar-refractivity contribution in [2.45, 2.75) is 46.1 Å². The Morgan fingerprint density at radius 1 is 1.03 bits per heavy atom. The third-order valence-electron chi connectivity index (χ3n) is 5.70. The number of aliphatic hydroxyl groups is 1. The minimum absolute atomic E-state index is 0.0324. The summed E-state index contributed by atoms with van der Waals surface area (Å²) < 4.78 is 52.8. The lowest BCUT2D eigenvalue weighted by Crippen LogP contribution is -2.33. The van der Waals surface area contributed by atoms with Crippen LogP contribution in [0.15, 0.2) is 48.5 Å². The van der Waals surface area contributed by atoms with Crippen LogP contribution in [-0.4, -0.2) is 52.7 Å². The summed E-state index contributed by atoms with van der Waals surface area (Å²) in [7, 11) is 1.87. The molecule has 0 fully saturated rings. The molecule has 2 aromatic carbocycles. The second kappa shape index (κ2) is 11.6. The predicted molar refractivity (Wildman–Crippen MR) is 128 cm³/mol. The van der Waals surface area contributed by atoms with Gasteiger partial charge in [0.1, 0.15) is 24.2 Å². The van der Waals surface area contributed by atoms with Crippen molar-refractivity contribution in [3.05, 3.63) is 76.6 Å². The van der Waals surface area contributed by atoms with E-state index in [1.807, 2.05) is 44.9 Å². The molecule has 0 bridgehead atoms. The number of halogens is 3. The number of hydrogen-bond acceptors (Lipinski definition) is 5. The van der Waals surface area contributed by atoms with E-state index in [1.54, 1.807) is 22.9 Å². The lowest BCUT2D eigenvalue weighted by Gasteiger charge is -2.21. The van der Waals surface area contributed by atoms with Crippen LogP contribution in [0, 0.1) is 13.8 Å². The smallest absolute Gasteiger partial charge is 0.416 e. The molecule has 1 unspecified atom stereocenters. The summed E-state index contributed by atoms with van der Waals surface area (Å²) in [6.07, 6.45) is -5.14. The highest BCUT2D eigenvalue weighted by Crippen LogP contribution is 2.32. The lowest BCUT2D eigenvalue weighted by atomic mass is 10.1. The Labute approximate surface area is 203 Å². The van der Waals surface area contributed by atoms with E-state index < -0.39 is 17.8 Å². The maximum Gasteiger partial charge on any atom is 0.416 e. The molecular formula is C26H32F3N3O3. The van der Waals surface area contributed by atoms with Crippen LogP contribution in [0.25, 0.3) is 0 Å². The lowest BCUT2D eigenvalue weighted by molar-refractivity contribution is -0.138. The molecule has 3 rings (SSSR count). The van der Waals surface area contributed by atoms with Crippen LogP contribution in [-0.2, 0) is 19.3 Å². The van der Waals surface area contributed by atoms with Crippen LogP contribution in [0.5, 0.6) is 11.5 Å². The highest BCUT2D eigenvalue weighted by atomic mass is 19.4. The Morgan fingerprint density at radius 2 is 1.66 bits per heavy atom. The molecule has 1 atom stereocenters. The van der Waals surface area contributed by atoms with Crippen molar-refractivity contribution in [2.24, 2.45) is 0 Å². The molecule has 0 aliphatic carbocycles. The molecule has 1 aromatic heterocycles. The largest absolute Gasteiger partial charge is 0.494 e. The van der Waals surface area contributed by atoms with E-state index >= 15 is 0 Å². The summed E-state index contributed by atoms with van der Waals surface area (Å²) >= 11 is 0. The van der Waals surface area contributed by atoms with E-state index in [-0.39, 0.29) is 18.7 Å². The Balaban J connectivity index is 1.58. The topological polar surface area (TPSA) is 59.8 Å². The number of rotatable bonds is 11. The van der Waals surface area contributed by atoms with Crippen molar-refractivity contribution < 1.29 is 27.8 Å². The standard InChI is InChI=1S/C26H32F3N3O3/c1-5-34-22-10-12-23(13-11-22)35-17-21(33)15-31(4)16-24-18(2)30-32(19(24)3)14-20-8-6-7-9-25(20)26(27,28)29/h6-13,21,33H,5,14-17H2,1-4H3. The molecule has 3 aromatic rings. The van der Waals surface area contributed by atoms with Gasteiger partial charge in [-0.1, -0.05) is 18.2 Å². The zero-order valence-electron chi connectivity index (χ0n) is 20.5. The van der Waals surface area contributed by atoms with Gasteiger partial charge in [-0.3, -0.25) is 9.58 Å². The first kappa shape index (κ1) is 26.6. The van der Waals surface area contributed by atoms with Gasteiger partial charge in [0.2, 0.25) is 0 Å².